The Morgan fingerprint density at radius 3 is 2.29 bits per heavy atom. The summed E-state index contributed by atoms with van der Waals surface area (Å²) in [6.07, 6.45) is 1.90. The van der Waals surface area contributed by atoms with Crippen LogP contribution in [0.4, 0.5) is 0 Å². The number of H-pyrrole nitrogens is 1. The van der Waals surface area contributed by atoms with E-state index < -0.39 is 0 Å². The molecule has 1 fully saturated rings. The second-order valence-electron chi connectivity index (χ2n) is 8.53. The van der Waals surface area contributed by atoms with Gasteiger partial charge in [-0.2, -0.15) is 0 Å². The molecule has 5 heteroatoms. The first-order valence-corrected chi connectivity index (χ1v) is 9.76. The number of likely N-dealkylation sites (tertiary alicyclic amines) is 1. The fourth-order valence-corrected chi connectivity index (χ4v) is 3.82. The summed E-state index contributed by atoms with van der Waals surface area (Å²) < 4.78 is 0. The largest absolute Gasteiger partial charge is 0.342 e. The Labute approximate surface area is 172 Å². The number of para-hydroxylation sites is 2. The molecule has 28 heavy (non-hydrogen) atoms. The minimum atomic E-state index is 0. The van der Waals surface area contributed by atoms with Crippen LogP contribution in [0.5, 0.6) is 0 Å². The number of piperidine rings is 1. The monoisotopic (exact) mass is 397 g/mol. The maximum atomic E-state index is 12.8. The summed E-state index contributed by atoms with van der Waals surface area (Å²) in [5.74, 6) is 1.58. The number of rotatable bonds is 2. The molecule has 1 saturated heterocycles. The van der Waals surface area contributed by atoms with E-state index in [0.29, 0.717) is 5.92 Å². The lowest BCUT2D eigenvalue weighted by Crippen LogP contribution is -2.38. The number of amides is 1. The van der Waals surface area contributed by atoms with Crippen LogP contribution in [-0.4, -0.2) is 33.9 Å². The van der Waals surface area contributed by atoms with E-state index in [1.54, 1.807) is 0 Å². The summed E-state index contributed by atoms with van der Waals surface area (Å²) in [6.45, 7) is 8.12. The van der Waals surface area contributed by atoms with Crippen LogP contribution in [0.1, 0.15) is 61.3 Å². The number of nitrogens with one attached hydrogen (secondary N) is 1. The van der Waals surface area contributed by atoms with Crippen LogP contribution in [0.3, 0.4) is 0 Å². The molecule has 1 N–H and O–H groups in total. The first-order valence-electron chi connectivity index (χ1n) is 9.76. The number of aromatic nitrogens is 2. The molecule has 1 aromatic heterocycles. The fourth-order valence-electron chi connectivity index (χ4n) is 3.82. The highest BCUT2D eigenvalue weighted by atomic mass is 35.5. The summed E-state index contributed by atoms with van der Waals surface area (Å²) in [7, 11) is 0. The molecule has 0 bridgehead atoms. The number of halogens is 1. The number of hydrogen-bond acceptors (Lipinski definition) is 2. The van der Waals surface area contributed by atoms with Crippen molar-refractivity contribution in [2.75, 3.05) is 13.1 Å². The molecular formula is C23H28ClN3O. The van der Waals surface area contributed by atoms with E-state index in [-0.39, 0.29) is 23.7 Å². The smallest absolute Gasteiger partial charge is 0.253 e. The molecule has 0 radical (unpaired) electrons. The first-order chi connectivity index (χ1) is 12.9. The third-order valence-electron chi connectivity index (χ3n) is 5.57. The highest BCUT2D eigenvalue weighted by molar-refractivity contribution is 5.94. The molecule has 148 valence electrons. The normalized spacial score (nSPS) is 15.5. The first kappa shape index (κ1) is 20.4. The minimum absolute atomic E-state index is 0. The lowest BCUT2D eigenvalue weighted by Gasteiger charge is -2.31. The van der Waals surface area contributed by atoms with Crippen LogP contribution in [0.15, 0.2) is 48.5 Å². The number of benzene rings is 2. The van der Waals surface area contributed by atoms with E-state index >= 15 is 0 Å². The minimum Gasteiger partial charge on any atom is -0.342 e. The standard InChI is InChI=1S/C23H27N3O.ClH/c1-23(2,3)18-10-8-17(9-11-18)22(27)26-14-12-16(13-15-26)21-24-19-6-4-5-7-20(19)25-21;/h4-11,16H,12-15H2,1-3H3,(H,24,25);1H. The zero-order chi connectivity index (χ0) is 19.0. The number of aromatic amines is 1. The maximum Gasteiger partial charge on any atom is 0.253 e. The van der Waals surface area contributed by atoms with Gasteiger partial charge in [0.2, 0.25) is 0 Å². The van der Waals surface area contributed by atoms with E-state index in [1.807, 2.05) is 35.2 Å². The van der Waals surface area contributed by atoms with Gasteiger partial charge in [-0.3, -0.25) is 4.79 Å². The van der Waals surface area contributed by atoms with E-state index in [0.717, 1.165) is 48.4 Å². The van der Waals surface area contributed by atoms with Crippen molar-refractivity contribution >= 4 is 29.3 Å². The summed E-state index contributed by atoms with van der Waals surface area (Å²) in [6, 6.07) is 16.2. The van der Waals surface area contributed by atoms with Gasteiger partial charge in [0, 0.05) is 24.6 Å². The second-order valence-corrected chi connectivity index (χ2v) is 8.53. The van der Waals surface area contributed by atoms with Crippen molar-refractivity contribution in [3.63, 3.8) is 0 Å². The molecule has 0 spiro atoms. The Bertz CT molecular complexity index is 915. The average Bonchev–Trinajstić information content (AvgIpc) is 3.11. The van der Waals surface area contributed by atoms with Crippen molar-refractivity contribution in [3.8, 4) is 0 Å². The number of hydrogen-bond donors (Lipinski definition) is 1. The van der Waals surface area contributed by atoms with Crippen molar-refractivity contribution in [2.45, 2.75) is 44.9 Å². The molecule has 0 atom stereocenters. The highest BCUT2D eigenvalue weighted by Gasteiger charge is 2.26. The average molecular weight is 398 g/mol. The number of imidazole rings is 1. The third kappa shape index (κ3) is 4.07. The number of nitrogens with zero attached hydrogens (tertiary/aromatic N) is 2. The van der Waals surface area contributed by atoms with Gasteiger partial charge >= 0.3 is 0 Å². The van der Waals surface area contributed by atoms with Gasteiger partial charge in [-0.05, 0) is 48.1 Å². The van der Waals surface area contributed by atoms with Crippen molar-refractivity contribution in [3.05, 3.63) is 65.5 Å². The SMILES string of the molecule is CC(C)(C)c1ccc(C(=O)N2CCC(c3nc4ccccc4[nH]3)CC2)cc1.Cl. The van der Waals surface area contributed by atoms with Crippen molar-refractivity contribution in [2.24, 2.45) is 0 Å². The molecule has 1 aliphatic heterocycles. The molecule has 2 heterocycles. The van der Waals surface area contributed by atoms with Crippen LogP contribution in [0.2, 0.25) is 0 Å². The number of fused-ring (bicyclic) bond motifs is 1. The predicted molar refractivity (Wildman–Crippen MR) is 116 cm³/mol. The number of carbonyl (C=O) groups is 1. The van der Waals surface area contributed by atoms with Gasteiger partial charge in [-0.1, -0.05) is 45.0 Å². The zero-order valence-electron chi connectivity index (χ0n) is 16.7. The van der Waals surface area contributed by atoms with Crippen LogP contribution >= 0.6 is 12.4 Å². The van der Waals surface area contributed by atoms with Gasteiger partial charge < -0.3 is 9.88 Å². The number of carbonyl (C=O) groups excluding carboxylic acids is 1. The Hall–Kier alpha value is -2.33. The molecule has 4 nitrogen and oxygen atoms in total. The molecule has 1 aliphatic rings. The van der Waals surface area contributed by atoms with E-state index in [2.05, 4.69) is 44.0 Å². The van der Waals surface area contributed by atoms with Gasteiger partial charge in [0.05, 0.1) is 11.0 Å². The Balaban J connectivity index is 0.00000225. The molecule has 0 aliphatic carbocycles. The van der Waals surface area contributed by atoms with Crippen LogP contribution in [-0.2, 0) is 5.41 Å². The molecule has 0 saturated carbocycles. The van der Waals surface area contributed by atoms with Crippen molar-refractivity contribution < 1.29 is 4.79 Å². The highest BCUT2D eigenvalue weighted by Crippen LogP contribution is 2.29. The maximum absolute atomic E-state index is 12.8. The van der Waals surface area contributed by atoms with Crippen LogP contribution < -0.4 is 0 Å². The summed E-state index contributed by atoms with van der Waals surface area (Å²) in [4.78, 5) is 23.0. The quantitative estimate of drug-likeness (QED) is 0.637. The molecule has 3 aromatic rings. The van der Waals surface area contributed by atoms with E-state index in [1.165, 1.54) is 5.56 Å². The van der Waals surface area contributed by atoms with Crippen molar-refractivity contribution in [1.29, 1.82) is 0 Å². The molecule has 1 amide bonds. The van der Waals surface area contributed by atoms with Gasteiger partial charge in [-0.15, -0.1) is 12.4 Å². The van der Waals surface area contributed by atoms with E-state index in [4.69, 9.17) is 4.98 Å². The fraction of sp³-hybridized carbons (Fsp3) is 0.391. The third-order valence-corrected chi connectivity index (χ3v) is 5.57. The topological polar surface area (TPSA) is 49.0 Å². The zero-order valence-corrected chi connectivity index (χ0v) is 17.6. The van der Waals surface area contributed by atoms with Gasteiger partial charge in [0.1, 0.15) is 5.82 Å². The summed E-state index contributed by atoms with van der Waals surface area (Å²) in [5, 5.41) is 0. The lowest BCUT2D eigenvalue weighted by atomic mass is 9.86. The van der Waals surface area contributed by atoms with Crippen LogP contribution in [0.25, 0.3) is 11.0 Å². The lowest BCUT2D eigenvalue weighted by molar-refractivity contribution is 0.0711. The Morgan fingerprint density at radius 2 is 1.68 bits per heavy atom. The Morgan fingerprint density at radius 1 is 1.04 bits per heavy atom. The van der Waals surface area contributed by atoms with Gasteiger partial charge in [0.15, 0.2) is 0 Å². The predicted octanol–water partition coefficient (Wildman–Crippen LogP) is 5.30. The molecule has 0 unspecified atom stereocenters. The summed E-state index contributed by atoms with van der Waals surface area (Å²) in [5.41, 5.74) is 4.25. The summed E-state index contributed by atoms with van der Waals surface area (Å²) >= 11 is 0. The van der Waals surface area contributed by atoms with E-state index in [9.17, 15) is 4.79 Å². The molecule has 4 rings (SSSR count). The van der Waals surface area contributed by atoms with Gasteiger partial charge in [0.25, 0.3) is 5.91 Å². The van der Waals surface area contributed by atoms with Crippen LogP contribution in [0, 0.1) is 0 Å². The molecule has 2 aromatic carbocycles. The van der Waals surface area contributed by atoms with Crippen molar-refractivity contribution in [1.82, 2.24) is 14.9 Å². The second kappa shape index (κ2) is 7.96. The molecular weight excluding hydrogens is 370 g/mol. The Kier molecular flexibility index (Phi) is 5.80. The van der Waals surface area contributed by atoms with Gasteiger partial charge in [-0.25, -0.2) is 4.98 Å².